The third-order valence-electron chi connectivity index (χ3n) is 9.86. The van der Waals surface area contributed by atoms with Crippen molar-refractivity contribution in [3.8, 4) is 0 Å². The maximum atomic E-state index is 12.8. The fraction of sp³-hybridized carbons (Fsp3) is 0.902. The highest BCUT2D eigenvalue weighted by molar-refractivity contribution is 7.85. The third kappa shape index (κ3) is 27.1. The van der Waals surface area contributed by atoms with Crippen molar-refractivity contribution in [3.05, 3.63) is 12.2 Å². The van der Waals surface area contributed by atoms with Crippen molar-refractivity contribution < 1.29 is 56.8 Å². The molecule has 12 nitrogen and oxygen atoms in total. The fourth-order valence-corrected chi connectivity index (χ4v) is 7.25. The summed E-state index contributed by atoms with van der Waals surface area (Å²) < 4.78 is 53.9. The van der Waals surface area contributed by atoms with Gasteiger partial charge in [0.15, 0.2) is 12.4 Å². The van der Waals surface area contributed by atoms with Crippen LogP contribution < -0.4 is 0 Å². The van der Waals surface area contributed by atoms with Gasteiger partial charge in [0.1, 0.15) is 36.8 Å². The van der Waals surface area contributed by atoms with Crippen molar-refractivity contribution in [1.29, 1.82) is 0 Å². The zero-order valence-corrected chi connectivity index (χ0v) is 34.4. The van der Waals surface area contributed by atoms with Crippen molar-refractivity contribution in [2.24, 2.45) is 0 Å². The Morgan fingerprint density at radius 2 is 1.11 bits per heavy atom. The van der Waals surface area contributed by atoms with Gasteiger partial charge in [0.05, 0.1) is 6.61 Å². The molecular formula is C41H76O12S. The Labute approximate surface area is 326 Å². The number of aliphatic hydroxyl groups is 3. The number of unbranched alkanes of at least 4 members (excludes halogenated alkanes) is 21. The summed E-state index contributed by atoms with van der Waals surface area (Å²) in [5.41, 5.74) is 0. The molecule has 13 heteroatoms. The van der Waals surface area contributed by atoms with Gasteiger partial charge in [-0.3, -0.25) is 14.1 Å². The molecule has 54 heavy (non-hydrogen) atoms. The molecule has 2 unspecified atom stereocenters. The van der Waals surface area contributed by atoms with E-state index in [1.54, 1.807) is 0 Å². The Hall–Kier alpha value is -1.61. The minimum atomic E-state index is -4.59. The van der Waals surface area contributed by atoms with Crippen LogP contribution in [0.3, 0.4) is 0 Å². The first-order valence-electron chi connectivity index (χ1n) is 21.2. The predicted octanol–water partition coefficient (Wildman–Crippen LogP) is 7.89. The number of esters is 2. The van der Waals surface area contributed by atoms with Crippen LogP contribution in [-0.2, 0) is 38.7 Å². The van der Waals surface area contributed by atoms with E-state index in [2.05, 4.69) is 26.0 Å². The quantitative estimate of drug-likeness (QED) is 0.0211. The van der Waals surface area contributed by atoms with Crippen LogP contribution in [0.1, 0.15) is 181 Å². The van der Waals surface area contributed by atoms with Crippen molar-refractivity contribution in [1.82, 2.24) is 0 Å². The Morgan fingerprint density at radius 3 is 1.61 bits per heavy atom. The first-order valence-corrected chi connectivity index (χ1v) is 22.9. The summed E-state index contributed by atoms with van der Waals surface area (Å²) in [6.45, 7) is 3.66. The number of ether oxygens (including phenoxy) is 4. The molecule has 0 aromatic heterocycles. The lowest BCUT2D eigenvalue weighted by Gasteiger charge is -2.40. The van der Waals surface area contributed by atoms with Crippen LogP contribution in [0.2, 0.25) is 0 Å². The molecule has 1 rings (SSSR count). The molecule has 1 aliphatic rings. The number of carbonyl (C=O) groups is 2. The van der Waals surface area contributed by atoms with Gasteiger partial charge in [-0.25, -0.2) is 0 Å². The zero-order valence-electron chi connectivity index (χ0n) is 33.6. The molecule has 0 amide bonds. The number of carbonyl (C=O) groups excluding carboxylic acids is 2. The van der Waals surface area contributed by atoms with Gasteiger partial charge in [-0.1, -0.05) is 148 Å². The van der Waals surface area contributed by atoms with Crippen LogP contribution >= 0.6 is 0 Å². The molecule has 4 N–H and O–H groups in total. The number of rotatable bonds is 35. The zero-order chi connectivity index (χ0) is 39.9. The molecule has 318 valence electrons. The Bertz CT molecular complexity index is 1070. The lowest BCUT2D eigenvalue weighted by atomic mass is 10.00. The van der Waals surface area contributed by atoms with E-state index in [9.17, 15) is 37.9 Å². The highest BCUT2D eigenvalue weighted by Crippen LogP contribution is 2.24. The molecule has 0 bridgehead atoms. The minimum absolute atomic E-state index is 0.165. The van der Waals surface area contributed by atoms with Crippen molar-refractivity contribution in [2.45, 2.75) is 218 Å². The summed E-state index contributed by atoms with van der Waals surface area (Å²) in [7, 11) is -4.59. The topological polar surface area (TPSA) is 186 Å². The predicted molar refractivity (Wildman–Crippen MR) is 210 cm³/mol. The lowest BCUT2D eigenvalue weighted by molar-refractivity contribution is -0.297. The molecule has 6 atom stereocenters. The average Bonchev–Trinajstić information content (AvgIpc) is 3.13. The summed E-state index contributed by atoms with van der Waals surface area (Å²) in [6, 6.07) is 0. The van der Waals surface area contributed by atoms with Gasteiger partial charge in [0, 0.05) is 12.8 Å². The smallest absolute Gasteiger partial charge is 0.306 e. The minimum Gasteiger partial charge on any atom is -0.462 e. The molecule has 0 saturated carbocycles. The van der Waals surface area contributed by atoms with Gasteiger partial charge in [-0.05, 0) is 32.1 Å². The van der Waals surface area contributed by atoms with Gasteiger partial charge < -0.3 is 34.3 Å². The molecular weight excluding hydrogens is 717 g/mol. The highest BCUT2D eigenvalue weighted by Gasteiger charge is 2.46. The first-order chi connectivity index (χ1) is 26.0. The largest absolute Gasteiger partial charge is 0.462 e. The summed E-state index contributed by atoms with van der Waals surface area (Å²) in [5.74, 6) is -1.98. The van der Waals surface area contributed by atoms with Crippen LogP contribution in [0.15, 0.2) is 12.2 Å². The van der Waals surface area contributed by atoms with Crippen LogP contribution in [0.5, 0.6) is 0 Å². The standard InChI is InChI=1S/C41H76O12S/c1-3-5-7-9-11-13-15-17-19-21-23-25-27-29-36(42)50-31-34(32-51-41-40(46)39(45)38(44)35(53-41)33-54(47,48)49)52-37(43)30-28-26-24-22-20-18-16-14-12-10-8-6-4-2/h6,8,34-35,38-41,44-46H,3-5,7,9-33H2,1-2H3,(H,47,48,49)/b8-6-/t34-,35-,38-,39?,40?,41+/m1/s1. The van der Waals surface area contributed by atoms with E-state index in [1.807, 2.05) is 0 Å². The van der Waals surface area contributed by atoms with E-state index < -0.39 is 71.2 Å². The van der Waals surface area contributed by atoms with Crippen molar-refractivity contribution in [3.63, 3.8) is 0 Å². The van der Waals surface area contributed by atoms with E-state index in [0.29, 0.717) is 12.8 Å². The third-order valence-corrected chi connectivity index (χ3v) is 10.6. The first kappa shape index (κ1) is 50.4. The van der Waals surface area contributed by atoms with Gasteiger partial charge in [-0.2, -0.15) is 8.42 Å². The maximum Gasteiger partial charge on any atom is 0.306 e. The summed E-state index contributed by atoms with van der Waals surface area (Å²) in [6.07, 6.45) is 22.6. The molecule has 1 aliphatic heterocycles. The van der Waals surface area contributed by atoms with Gasteiger partial charge in [0.2, 0.25) is 0 Å². The normalized spacial score (nSPS) is 21.0. The summed E-state index contributed by atoms with van der Waals surface area (Å²) >= 11 is 0. The van der Waals surface area contributed by atoms with E-state index in [-0.39, 0.29) is 19.4 Å². The molecule has 1 fully saturated rings. The van der Waals surface area contributed by atoms with Crippen LogP contribution in [0, 0.1) is 0 Å². The number of aliphatic hydroxyl groups excluding tert-OH is 3. The molecule has 0 aliphatic carbocycles. The molecule has 0 aromatic rings. The van der Waals surface area contributed by atoms with E-state index in [4.69, 9.17) is 18.9 Å². The molecule has 1 saturated heterocycles. The Balaban J connectivity index is 2.47. The van der Waals surface area contributed by atoms with Gasteiger partial charge >= 0.3 is 11.9 Å². The van der Waals surface area contributed by atoms with Crippen molar-refractivity contribution >= 4 is 22.1 Å². The van der Waals surface area contributed by atoms with Gasteiger partial charge in [-0.15, -0.1) is 0 Å². The van der Waals surface area contributed by atoms with E-state index in [0.717, 1.165) is 51.4 Å². The molecule has 0 spiro atoms. The summed E-state index contributed by atoms with van der Waals surface area (Å²) in [5, 5.41) is 30.8. The molecule has 0 radical (unpaired) electrons. The number of hydrogen-bond acceptors (Lipinski definition) is 11. The van der Waals surface area contributed by atoms with Crippen LogP contribution in [0.25, 0.3) is 0 Å². The maximum absolute atomic E-state index is 12.8. The number of allylic oxidation sites excluding steroid dienone is 2. The Morgan fingerprint density at radius 1 is 0.630 bits per heavy atom. The van der Waals surface area contributed by atoms with E-state index >= 15 is 0 Å². The van der Waals surface area contributed by atoms with Crippen LogP contribution in [-0.4, -0.2) is 96.0 Å². The monoisotopic (exact) mass is 793 g/mol. The second kappa shape index (κ2) is 32.5. The highest BCUT2D eigenvalue weighted by atomic mass is 32.2. The summed E-state index contributed by atoms with van der Waals surface area (Å²) in [4.78, 5) is 25.3. The van der Waals surface area contributed by atoms with Crippen molar-refractivity contribution in [2.75, 3.05) is 19.0 Å². The second-order valence-electron chi connectivity index (χ2n) is 15.0. The molecule has 1 heterocycles. The fourth-order valence-electron chi connectivity index (χ4n) is 6.56. The SMILES string of the molecule is CC/C=C\CCCCCCCCCCCC(=O)O[C@H](COC(=O)CCCCCCCCCCCCCCC)CO[C@H]1O[C@H](CS(=O)(=O)O)[C@@H](O)C(O)C1O. The average molecular weight is 793 g/mol. The second-order valence-corrected chi connectivity index (χ2v) is 16.5. The number of hydrogen-bond donors (Lipinski definition) is 4. The van der Waals surface area contributed by atoms with Crippen LogP contribution in [0.4, 0.5) is 0 Å². The Kier molecular flexibility index (Phi) is 30.3. The lowest BCUT2D eigenvalue weighted by Crippen LogP contribution is -2.60. The van der Waals surface area contributed by atoms with E-state index in [1.165, 1.54) is 89.9 Å². The molecule has 0 aromatic carbocycles. The van der Waals surface area contributed by atoms with Gasteiger partial charge in [0.25, 0.3) is 10.1 Å².